The Morgan fingerprint density at radius 1 is 1.24 bits per heavy atom. The van der Waals surface area contributed by atoms with E-state index in [1.165, 1.54) is 0 Å². The van der Waals surface area contributed by atoms with Crippen LogP contribution in [0.3, 0.4) is 0 Å². The van der Waals surface area contributed by atoms with E-state index < -0.39 is 0 Å². The van der Waals surface area contributed by atoms with E-state index >= 15 is 0 Å². The molecule has 0 atom stereocenters. The predicted molar refractivity (Wildman–Crippen MR) is 83.1 cm³/mol. The fourth-order valence-electron chi connectivity index (χ4n) is 2.33. The zero-order valence-electron chi connectivity index (χ0n) is 11.6. The summed E-state index contributed by atoms with van der Waals surface area (Å²) in [5, 5.41) is 12.4. The van der Waals surface area contributed by atoms with Crippen molar-refractivity contribution in [1.82, 2.24) is 15.2 Å². The summed E-state index contributed by atoms with van der Waals surface area (Å²) in [7, 11) is 0. The molecule has 2 heterocycles. The summed E-state index contributed by atoms with van der Waals surface area (Å²) in [5.74, 6) is 0. The fraction of sp³-hybridized carbons (Fsp3) is 0.538. The highest BCUT2D eigenvalue weighted by Gasteiger charge is 2.21. The normalized spacial score (nSPS) is 15.8. The van der Waals surface area contributed by atoms with E-state index in [-0.39, 0.29) is 19.2 Å². The van der Waals surface area contributed by atoms with Gasteiger partial charge in [0.2, 0.25) is 0 Å². The molecule has 1 aliphatic heterocycles. The van der Waals surface area contributed by atoms with Gasteiger partial charge < -0.3 is 20.2 Å². The number of carbonyl (C=O) groups is 1. The van der Waals surface area contributed by atoms with Crippen LogP contribution in [0.2, 0.25) is 10.0 Å². The highest BCUT2D eigenvalue weighted by Crippen LogP contribution is 2.32. The summed E-state index contributed by atoms with van der Waals surface area (Å²) in [4.78, 5) is 19.7. The fourth-order valence-corrected chi connectivity index (χ4v) is 2.93. The molecule has 0 aromatic carbocycles. The second-order valence-corrected chi connectivity index (χ2v) is 5.55. The van der Waals surface area contributed by atoms with Crippen molar-refractivity contribution in [1.29, 1.82) is 0 Å². The number of halogens is 2. The molecular formula is C13H18Cl2N4O2. The van der Waals surface area contributed by atoms with E-state index in [1.807, 2.05) is 0 Å². The Morgan fingerprint density at radius 3 is 2.62 bits per heavy atom. The number of rotatable bonds is 3. The van der Waals surface area contributed by atoms with Crippen LogP contribution in [0, 0.1) is 0 Å². The third kappa shape index (κ3) is 4.12. The molecule has 0 bridgehead atoms. The van der Waals surface area contributed by atoms with E-state index in [0.29, 0.717) is 29.7 Å². The molecule has 1 aromatic rings. The summed E-state index contributed by atoms with van der Waals surface area (Å²) in [6.45, 7) is 2.86. The van der Waals surface area contributed by atoms with Gasteiger partial charge in [0.25, 0.3) is 0 Å². The molecular weight excluding hydrogens is 315 g/mol. The van der Waals surface area contributed by atoms with Crippen molar-refractivity contribution >= 4 is 34.9 Å². The molecule has 0 aliphatic carbocycles. The van der Waals surface area contributed by atoms with Gasteiger partial charge in [0.05, 0.1) is 22.3 Å². The Morgan fingerprint density at radius 2 is 1.95 bits per heavy atom. The second kappa shape index (κ2) is 7.68. The number of carbonyl (C=O) groups excluding carboxylic acids is 1. The third-order valence-electron chi connectivity index (χ3n) is 3.32. The Hall–Kier alpha value is -1.24. The van der Waals surface area contributed by atoms with Crippen LogP contribution in [-0.2, 0) is 0 Å². The maximum absolute atomic E-state index is 11.9. The SMILES string of the molecule is O=C(NCCO)N1CCCN(c2c(Cl)cncc2Cl)CC1. The van der Waals surface area contributed by atoms with Crippen LogP contribution in [0.25, 0.3) is 0 Å². The molecule has 6 nitrogen and oxygen atoms in total. The Labute approximate surface area is 133 Å². The molecule has 2 rings (SSSR count). The number of aliphatic hydroxyl groups excluding tert-OH is 1. The number of nitrogens with zero attached hydrogens (tertiary/aromatic N) is 3. The molecule has 2 N–H and O–H groups in total. The maximum atomic E-state index is 11.9. The predicted octanol–water partition coefficient (Wildman–Crippen LogP) is 1.60. The highest BCUT2D eigenvalue weighted by atomic mass is 35.5. The number of hydrogen-bond donors (Lipinski definition) is 2. The van der Waals surface area contributed by atoms with Gasteiger partial charge in [0.1, 0.15) is 0 Å². The maximum Gasteiger partial charge on any atom is 0.317 e. The van der Waals surface area contributed by atoms with Gasteiger partial charge in [-0.1, -0.05) is 23.2 Å². The Balaban J connectivity index is 2.02. The third-order valence-corrected chi connectivity index (χ3v) is 3.87. The van der Waals surface area contributed by atoms with Crippen molar-refractivity contribution in [3.8, 4) is 0 Å². The van der Waals surface area contributed by atoms with Gasteiger partial charge in [0.15, 0.2) is 0 Å². The van der Waals surface area contributed by atoms with E-state index in [9.17, 15) is 4.79 Å². The van der Waals surface area contributed by atoms with Crippen molar-refractivity contribution in [2.75, 3.05) is 44.2 Å². The number of nitrogens with one attached hydrogen (secondary N) is 1. The largest absolute Gasteiger partial charge is 0.395 e. The van der Waals surface area contributed by atoms with Crippen molar-refractivity contribution in [2.45, 2.75) is 6.42 Å². The lowest BCUT2D eigenvalue weighted by Gasteiger charge is -2.25. The molecule has 1 aliphatic rings. The van der Waals surface area contributed by atoms with Crippen LogP contribution in [0.4, 0.5) is 10.5 Å². The summed E-state index contributed by atoms with van der Waals surface area (Å²) in [6.07, 6.45) is 3.96. The zero-order valence-corrected chi connectivity index (χ0v) is 13.1. The lowest BCUT2D eigenvalue weighted by atomic mass is 10.3. The lowest BCUT2D eigenvalue weighted by molar-refractivity contribution is 0.197. The molecule has 116 valence electrons. The van der Waals surface area contributed by atoms with Gasteiger partial charge in [-0.2, -0.15) is 0 Å². The minimum Gasteiger partial charge on any atom is -0.395 e. The summed E-state index contributed by atoms with van der Waals surface area (Å²) in [6, 6.07) is -0.155. The molecule has 2 amide bonds. The Kier molecular flexibility index (Phi) is 5.90. The van der Waals surface area contributed by atoms with Crippen LogP contribution in [0.15, 0.2) is 12.4 Å². The molecule has 1 aromatic heterocycles. The lowest BCUT2D eigenvalue weighted by Crippen LogP contribution is -2.43. The van der Waals surface area contributed by atoms with E-state index in [0.717, 1.165) is 18.7 Å². The van der Waals surface area contributed by atoms with Gasteiger partial charge >= 0.3 is 6.03 Å². The minimum atomic E-state index is -0.155. The van der Waals surface area contributed by atoms with Gasteiger partial charge in [0, 0.05) is 45.1 Å². The van der Waals surface area contributed by atoms with Gasteiger partial charge in [-0.05, 0) is 6.42 Å². The molecule has 0 unspecified atom stereocenters. The first-order valence-electron chi connectivity index (χ1n) is 6.81. The number of amides is 2. The number of hydrogen-bond acceptors (Lipinski definition) is 4. The number of aromatic nitrogens is 1. The van der Waals surface area contributed by atoms with Crippen LogP contribution in [0.1, 0.15) is 6.42 Å². The summed E-state index contributed by atoms with van der Waals surface area (Å²) >= 11 is 12.3. The van der Waals surface area contributed by atoms with E-state index in [1.54, 1.807) is 17.3 Å². The molecule has 0 radical (unpaired) electrons. The smallest absolute Gasteiger partial charge is 0.317 e. The van der Waals surface area contributed by atoms with Crippen molar-refractivity contribution < 1.29 is 9.90 Å². The first-order valence-corrected chi connectivity index (χ1v) is 7.56. The van der Waals surface area contributed by atoms with Crippen LogP contribution in [-0.4, -0.2) is 60.4 Å². The highest BCUT2D eigenvalue weighted by molar-refractivity contribution is 6.38. The number of urea groups is 1. The Bertz CT molecular complexity index is 481. The van der Waals surface area contributed by atoms with Gasteiger partial charge in [-0.25, -0.2) is 4.79 Å². The number of pyridine rings is 1. The molecule has 21 heavy (non-hydrogen) atoms. The van der Waals surface area contributed by atoms with Crippen molar-refractivity contribution in [2.24, 2.45) is 0 Å². The molecule has 8 heteroatoms. The average molecular weight is 333 g/mol. The standard InChI is InChI=1S/C13H18Cl2N4O2/c14-10-8-16-9-11(15)12(10)18-3-1-4-19(6-5-18)13(21)17-2-7-20/h8-9,20H,1-7H2,(H,17,21). The monoisotopic (exact) mass is 332 g/mol. The van der Waals surface area contributed by atoms with E-state index in [4.69, 9.17) is 28.3 Å². The van der Waals surface area contributed by atoms with Crippen molar-refractivity contribution in [3.05, 3.63) is 22.4 Å². The van der Waals surface area contributed by atoms with Crippen LogP contribution in [0.5, 0.6) is 0 Å². The summed E-state index contributed by atoms with van der Waals surface area (Å²) in [5.41, 5.74) is 0.769. The topological polar surface area (TPSA) is 68.7 Å². The second-order valence-electron chi connectivity index (χ2n) is 4.73. The van der Waals surface area contributed by atoms with Crippen LogP contribution >= 0.6 is 23.2 Å². The molecule has 0 saturated carbocycles. The molecule has 0 spiro atoms. The first-order chi connectivity index (χ1) is 10.1. The number of anilines is 1. The van der Waals surface area contributed by atoms with Gasteiger partial charge in [-0.3, -0.25) is 4.98 Å². The quantitative estimate of drug-likeness (QED) is 0.882. The summed E-state index contributed by atoms with van der Waals surface area (Å²) < 4.78 is 0. The zero-order chi connectivity index (χ0) is 15.2. The van der Waals surface area contributed by atoms with Crippen molar-refractivity contribution in [3.63, 3.8) is 0 Å². The molecule has 1 fully saturated rings. The first kappa shape index (κ1) is 16.1. The minimum absolute atomic E-state index is 0.0616. The number of aliphatic hydroxyl groups is 1. The molecule has 1 saturated heterocycles. The van der Waals surface area contributed by atoms with Crippen LogP contribution < -0.4 is 10.2 Å². The van der Waals surface area contributed by atoms with Gasteiger partial charge in [-0.15, -0.1) is 0 Å². The van der Waals surface area contributed by atoms with E-state index in [2.05, 4.69) is 15.2 Å². The average Bonchev–Trinajstić information content (AvgIpc) is 2.71.